The highest BCUT2D eigenvalue weighted by Gasteiger charge is 2.11. The van der Waals surface area contributed by atoms with Crippen molar-refractivity contribution in [1.82, 2.24) is 4.98 Å². The van der Waals surface area contributed by atoms with Crippen molar-refractivity contribution in [2.24, 2.45) is 0 Å². The Morgan fingerprint density at radius 1 is 1.35 bits per heavy atom. The van der Waals surface area contributed by atoms with Gasteiger partial charge < -0.3 is 4.74 Å². The molecular formula is C16H18N2OS. The van der Waals surface area contributed by atoms with E-state index in [2.05, 4.69) is 18.0 Å². The van der Waals surface area contributed by atoms with Gasteiger partial charge in [-0.25, -0.2) is 4.98 Å². The molecule has 0 spiro atoms. The molecule has 4 heteroatoms. The standard InChI is InChI=1S/C16H18N2OS/c1-3-6-13-15(9-10-17)20-16(18-13)11-19-14-8-5-4-7-12(14)2/h4-5,7-8H,3,6,9,11H2,1-2H3. The summed E-state index contributed by atoms with van der Waals surface area (Å²) in [4.78, 5) is 5.69. The molecule has 2 aromatic rings. The quantitative estimate of drug-likeness (QED) is 0.804. The summed E-state index contributed by atoms with van der Waals surface area (Å²) in [6, 6.07) is 10.2. The molecule has 0 bridgehead atoms. The van der Waals surface area contributed by atoms with Crippen molar-refractivity contribution in [3.8, 4) is 11.8 Å². The molecule has 0 fully saturated rings. The molecule has 0 saturated heterocycles. The molecule has 20 heavy (non-hydrogen) atoms. The lowest BCUT2D eigenvalue weighted by atomic mass is 10.2. The number of rotatable bonds is 6. The Balaban J connectivity index is 2.08. The molecule has 0 radical (unpaired) electrons. The lowest BCUT2D eigenvalue weighted by molar-refractivity contribution is 0.303. The predicted molar refractivity (Wildman–Crippen MR) is 80.9 cm³/mol. The number of aryl methyl sites for hydroxylation is 2. The molecule has 0 aliphatic carbocycles. The Hall–Kier alpha value is -1.86. The molecule has 3 nitrogen and oxygen atoms in total. The first kappa shape index (κ1) is 14.5. The highest BCUT2D eigenvalue weighted by Crippen LogP contribution is 2.23. The van der Waals surface area contributed by atoms with Crippen molar-refractivity contribution in [2.75, 3.05) is 0 Å². The van der Waals surface area contributed by atoms with Crippen molar-refractivity contribution in [2.45, 2.75) is 39.7 Å². The first-order valence-corrected chi connectivity index (χ1v) is 7.59. The van der Waals surface area contributed by atoms with Crippen LogP contribution in [0.1, 0.15) is 34.5 Å². The first-order chi connectivity index (χ1) is 9.74. The summed E-state index contributed by atoms with van der Waals surface area (Å²) in [5.41, 5.74) is 2.18. The van der Waals surface area contributed by atoms with Crippen LogP contribution in [0.15, 0.2) is 24.3 Å². The molecule has 0 unspecified atom stereocenters. The molecule has 0 amide bonds. The van der Waals surface area contributed by atoms with Crippen LogP contribution in [0.3, 0.4) is 0 Å². The number of para-hydroxylation sites is 1. The highest BCUT2D eigenvalue weighted by atomic mass is 32.1. The molecule has 1 aromatic carbocycles. The maximum Gasteiger partial charge on any atom is 0.140 e. The van der Waals surface area contributed by atoms with E-state index in [0.29, 0.717) is 13.0 Å². The number of aromatic nitrogens is 1. The van der Waals surface area contributed by atoms with E-state index in [4.69, 9.17) is 10.00 Å². The number of nitrogens with zero attached hydrogens (tertiary/aromatic N) is 2. The second kappa shape index (κ2) is 7.06. The van der Waals surface area contributed by atoms with E-state index in [0.717, 1.165) is 39.7 Å². The summed E-state index contributed by atoms with van der Waals surface area (Å²) in [5.74, 6) is 0.890. The summed E-state index contributed by atoms with van der Waals surface area (Å²) in [6.45, 7) is 4.62. The molecule has 104 valence electrons. The summed E-state index contributed by atoms with van der Waals surface area (Å²) in [7, 11) is 0. The van der Waals surface area contributed by atoms with Gasteiger partial charge in [0.1, 0.15) is 17.4 Å². The molecule has 0 aliphatic heterocycles. The van der Waals surface area contributed by atoms with Crippen LogP contribution in [0.2, 0.25) is 0 Å². The molecule has 0 saturated carbocycles. The van der Waals surface area contributed by atoms with Gasteiger partial charge in [0, 0.05) is 4.88 Å². The Bertz CT molecular complexity index is 613. The molecule has 0 aliphatic rings. The van der Waals surface area contributed by atoms with E-state index in [1.54, 1.807) is 11.3 Å². The van der Waals surface area contributed by atoms with Crippen molar-refractivity contribution in [1.29, 1.82) is 5.26 Å². The largest absolute Gasteiger partial charge is 0.486 e. The minimum absolute atomic E-state index is 0.442. The topological polar surface area (TPSA) is 45.9 Å². The fourth-order valence-electron chi connectivity index (χ4n) is 2.00. The Kier molecular flexibility index (Phi) is 5.14. The molecular weight excluding hydrogens is 268 g/mol. The zero-order chi connectivity index (χ0) is 14.4. The van der Waals surface area contributed by atoms with Crippen molar-refractivity contribution >= 4 is 11.3 Å². The van der Waals surface area contributed by atoms with Gasteiger partial charge >= 0.3 is 0 Å². The van der Waals surface area contributed by atoms with Crippen molar-refractivity contribution < 1.29 is 4.74 Å². The average molecular weight is 286 g/mol. The van der Waals surface area contributed by atoms with Gasteiger partial charge in [-0.2, -0.15) is 5.26 Å². The van der Waals surface area contributed by atoms with Gasteiger partial charge in [-0.15, -0.1) is 11.3 Å². The van der Waals surface area contributed by atoms with Crippen LogP contribution in [-0.2, 0) is 19.4 Å². The third-order valence-corrected chi connectivity index (χ3v) is 4.06. The zero-order valence-electron chi connectivity index (χ0n) is 11.8. The Morgan fingerprint density at radius 2 is 2.15 bits per heavy atom. The van der Waals surface area contributed by atoms with E-state index in [-0.39, 0.29) is 0 Å². The second-order valence-electron chi connectivity index (χ2n) is 4.62. The van der Waals surface area contributed by atoms with Crippen LogP contribution in [0, 0.1) is 18.3 Å². The molecule has 1 aromatic heterocycles. The molecule has 1 heterocycles. The minimum Gasteiger partial charge on any atom is -0.486 e. The average Bonchev–Trinajstić information content (AvgIpc) is 2.81. The van der Waals surface area contributed by atoms with Crippen LogP contribution in [0.25, 0.3) is 0 Å². The number of nitriles is 1. The van der Waals surface area contributed by atoms with Gasteiger partial charge in [0.25, 0.3) is 0 Å². The third-order valence-electron chi connectivity index (χ3n) is 2.99. The van der Waals surface area contributed by atoms with Gasteiger partial charge in [0.2, 0.25) is 0 Å². The lowest BCUT2D eigenvalue weighted by Crippen LogP contribution is -1.97. The predicted octanol–water partition coefficient (Wildman–Crippen LogP) is 4.05. The normalized spacial score (nSPS) is 10.2. The van der Waals surface area contributed by atoms with Gasteiger partial charge in [-0.3, -0.25) is 0 Å². The smallest absolute Gasteiger partial charge is 0.140 e. The number of benzene rings is 1. The van der Waals surface area contributed by atoms with E-state index >= 15 is 0 Å². The lowest BCUT2D eigenvalue weighted by Gasteiger charge is -2.06. The number of hydrogen-bond donors (Lipinski definition) is 0. The summed E-state index contributed by atoms with van der Waals surface area (Å²) in [6.07, 6.45) is 2.41. The van der Waals surface area contributed by atoms with Crippen LogP contribution in [-0.4, -0.2) is 4.98 Å². The SMILES string of the molecule is CCCc1nc(COc2ccccc2C)sc1CC#N. The summed E-state index contributed by atoms with van der Waals surface area (Å²) < 4.78 is 5.81. The van der Waals surface area contributed by atoms with Gasteiger partial charge in [-0.05, 0) is 25.0 Å². The minimum atomic E-state index is 0.442. The van der Waals surface area contributed by atoms with E-state index in [9.17, 15) is 0 Å². The number of ether oxygens (including phenoxy) is 1. The van der Waals surface area contributed by atoms with Crippen LogP contribution in [0.4, 0.5) is 0 Å². The molecule has 2 rings (SSSR count). The van der Waals surface area contributed by atoms with Gasteiger partial charge in [0.15, 0.2) is 0 Å². The fraction of sp³-hybridized carbons (Fsp3) is 0.375. The number of hydrogen-bond acceptors (Lipinski definition) is 4. The highest BCUT2D eigenvalue weighted by molar-refractivity contribution is 7.11. The Labute approximate surface area is 123 Å². The van der Waals surface area contributed by atoms with E-state index in [1.165, 1.54) is 0 Å². The first-order valence-electron chi connectivity index (χ1n) is 6.77. The summed E-state index contributed by atoms with van der Waals surface area (Å²) >= 11 is 1.59. The maximum absolute atomic E-state index is 8.86. The van der Waals surface area contributed by atoms with Gasteiger partial charge in [0.05, 0.1) is 18.2 Å². The second-order valence-corrected chi connectivity index (χ2v) is 5.78. The maximum atomic E-state index is 8.86. The number of thiazole rings is 1. The monoisotopic (exact) mass is 286 g/mol. The molecule has 0 atom stereocenters. The summed E-state index contributed by atoms with van der Waals surface area (Å²) in [5, 5.41) is 9.81. The third kappa shape index (κ3) is 3.58. The van der Waals surface area contributed by atoms with Crippen molar-refractivity contribution in [3.63, 3.8) is 0 Å². The molecule has 0 N–H and O–H groups in total. The van der Waals surface area contributed by atoms with Crippen LogP contribution < -0.4 is 4.74 Å². The van der Waals surface area contributed by atoms with Crippen LogP contribution in [0.5, 0.6) is 5.75 Å². The van der Waals surface area contributed by atoms with Crippen LogP contribution >= 0.6 is 11.3 Å². The zero-order valence-corrected chi connectivity index (χ0v) is 12.7. The van der Waals surface area contributed by atoms with Crippen molar-refractivity contribution in [3.05, 3.63) is 45.4 Å². The van der Waals surface area contributed by atoms with Gasteiger partial charge in [-0.1, -0.05) is 31.5 Å². The van der Waals surface area contributed by atoms with E-state index < -0.39 is 0 Å². The fourth-order valence-corrected chi connectivity index (χ4v) is 2.96. The van der Waals surface area contributed by atoms with E-state index in [1.807, 2.05) is 31.2 Å². The Morgan fingerprint density at radius 3 is 2.85 bits per heavy atom.